The lowest BCUT2D eigenvalue weighted by atomic mass is 10.0. The zero-order chi connectivity index (χ0) is 26.9. The molecule has 0 bridgehead atoms. The fourth-order valence-corrected chi connectivity index (χ4v) is 3.84. The third-order valence-corrected chi connectivity index (χ3v) is 5.85. The second-order valence-electron chi connectivity index (χ2n) is 8.58. The van der Waals surface area contributed by atoms with Gasteiger partial charge >= 0.3 is 5.97 Å². The summed E-state index contributed by atoms with van der Waals surface area (Å²) in [6.07, 6.45) is 6.87. The first-order chi connectivity index (χ1) is 18.5. The number of methoxy groups -OCH3 is 1. The number of carbonyl (C=O) groups excluding carboxylic acids is 1. The number of carboxylic acid groups (broad SMARTS) is 1. The summed E-state index contributed by atoms with van der Waals surface area (Å²) in [4.78, 5) is 31.1. The Morgan fingerprint density at radius 3 is 2.03 bits per heavy atom. The van der Waals surface area contributed by atoms with Crippen molar-refractivity contribution in [3.05, 3.63) is 96.1 Å². The zero-order valence-electron chi connectivity index (χ0n) is 21.3. The molecule has 1 aromatic heterocycles. The van der Waals surface area contributed by atoms with Crippen LogP contribution in [0.15, 0.2) is 84.9 Å². The minimum absolute atomic E-state index is 0.115. The van der Waals surface area contributed by atoms with Crippen molar-refractivity contribution in [2.45, 2.75) is 13.3 Å². The SMILES string of the molecule is CCCNC(=O)/C=C/c1ccc(-c2nc(-c3ccc(OC)cc3)[nH]c2-c2ccc(/C=C/C(=O)O)cc2)cc1. The molecular formula is C31H29N3O4. The molecule has 3 aromatic carbocycles. The van der Waals surface area contributed by atoms with E-state index in [9.17, 15) is 9.59 Å². The van der Waals surface area contributed by atoms with E-state index in [1.54, 1.807) is 19.3 Å². The van der Waals surface area contributed by atoms with Gasteiger partial charge in [-0.25, -0.2) is 9.78 Å². The molecule has 0 radical (unpaired) electrons. The van der Waals surface area contributed by atoms with Gasteiger partial charge in [0.2, 0.25) is 5.91 Å². The lowest BCUT2D eigenvalue weighted by Crippen LogP contribution is -2.21. The minimum Gasteiger partial charge on any atom is -0.497 e. The van der Waals surface area contributed by atoms with Crippen molar-refractivity contribution >= 4 is 24.0 Å². The van der Waals surface area contributed by atoms with Gasteiger partial charge in [0.15, 0.2) is 0 Å². The number of H-pyrrole nitrogens is 1. The molecule has 0 saturated carbocycles. The van der Waals surface area contributed by atoms with E-state index in [4.69, 9.17) is 14.8 Å². The molecule has 0 aliphatic heterocycles. The summed E-state index contributed by atoms with van der Waals surface area (Å²) < 4.78 is 5.28. The number of imidazole rings is 1. The number of amides is 1. The number of hydrogen-bond donors (Lipinski definition) is 3. The molecule has 7 nitrogen and oxygen atoms in total. The van der Waals surface area contributed by atoms with Crippen molar-refractivity contribution in [1.82, 2.24) is 15.3 Å². The van der Waals surface area contributed by atoms with Crippen LogP contribution in [-0.4, -0.2) is 40.6 Å². The topological polar surface area (TPSA) is 104 Å². The molecule has 4 rings (SSSR count). The molecule has 4 aromatic rings. The summed E-state index contributed by atoms with van der Waals surface area (Å²) in [5.41, 5.74) is 6.05. The van der Waals surface area contributed by atoms with Gasteiger partial charge < -0.3 is 20.1 Å². The number of rotatable bonds is 10. The van der Waals surface area contributed by atoms with E-state index < -0.39 is 5.97 Å². The number of carbonyl (C=O) groups is 2. The highest BCUT2D eigenvalue weighted by Crippen LogP contribution is 2.34. The molecule has 0 spiro atoms. The van der Waals surface area contributed by atoms with Crippen molar-refractivity contribution in [2.24, 2.45) is 0 Å². The van der Waals surface area contributed by atoms with Crippen LogP contribution in [0.1, 0.15) is 24.5 Å². The highest BCUT2D eigenvalue weighted by molar-refractivity contribution is 5.92. The summed E-state index contributed by atoms with van der Waals surface area (Å²) in [6.45, 7) is 2.66. The predicted octanol–water partition coefficient (Wildman–Crippen LogP) is 6.06. The van der Waals surface area contributed by atoms with Crippen molar-refractivity contribution in [3.8, 4) is 39.7 Å². The summed E-state index contributed by atoms with van der Waals surface area (Å²) in [6, 6.07) is 23.1. The second-order valence-corrected chi connectivity index (χ2v) is 8.58. The van der Waals surface area contributed by atoms with E-state index in [1.807, 2.05) is 79.7 Å². The Morgan fingerprint density at radius 2 is 1.45 bits per heavy atom. The molecule has 1 heterocycles. The molecule has 192 valence electrons. The molecule has 1 amide bonds. The van der Waals surface area contributed by atoms with Crippen LogP contribution in [0.2, 0.25) is 0 Å². The van der Waals surface area contributed by atoms with E-state index in [0.717, 1.165) is 57.5 Å². The number of benzene rings is 3. The van der Waals surface area contributed by atoms with Gasteiger partial charge in [-0.2, -0.15) is 0 Å². The summed E-state index contributed by atoms with van der Waals surface area (Å²) in [5.74, 6) is 0.368. The van der Waals surface area contributed by atoms with Crippen LogP contribution >= 0.6 is 0 Å². The van der Waals surface area contributed by atoms with Crippen LogP contribution in [-0.2, 0) is 9.59 Å². The molecule has 0 atom stereocenters. The highest BCUT2D eigenvalue weighted by Gasteiger charge is 2.15. The molecule has 0 aliphatic rings. The van der Waals surface area contributed by atoms with Crippen LogP contribution < -0.4 is 10.1 Å². The molecule has 0 unspecified atom stereocenters. The van der Waals surface area contributed by atoms with Gasteiger partial charge in [-0.15, -0.1) is 0 Å². The van der Waals surface area contributed by atoms with Crippen molar-refractivity contribution < 1.29 is 19.4 Å². The second kappa shape index (κ2) is 12.4. The van der Waals surface area contributed by atoms with Gasteiger partial charge in [0.1, 0.15) is 11.6 Å². The summed E-state index contributed by atoms with van der Waals surface area (Å²) >= 11 is 0. The number of hydrogen-bond acceptors (Lipinski definition) is 4. The number of aromatic nitrogens is 2. The van der Waals surface area contributed by atoms with Crippen molar-refractivity contribution in [3.63, 3.8) is 0 Å². The Balaban J connectivity index is 1.68. The lowest BCUT2D eigenvalue weighted by Gasteiger charge is -2.05. The van der Waals surface area contributed by atoms with Crippen LogP contribution in [0.4, 0.5) is 0 Å². The lowest BCUT2D eigenvalue weighted by molar-refractivity contribution is -0.131. The fraction of sp³-hybridized carbons (Fsp3) is 0.129. The van der Waals surface area contributed by atoms with E-state index in [2.05, 4.69) is 10.3 Å². The average molecular weight is 508 g/mol. The Kier molecular flexibility index (Phi) is 8.51. The standard InChI is InChI=1S/C31H29N3O4/c1-3-20-32-27(35)18-8-21-4-10-23(11-5-21)29-30(24-12-6-22(7-13-24)9-19-28(36)37)34-31(33-29)25-14-16-26(38-2)17-15-25/h4-19H,3,20H2,1-2H3,(H,32,35)(H,33,34)(H,36,37)/b18-8+,19-9+. The van der Waals surface area contributed by atoms with E-state index in [-0.39, 0.29) is 5.91 Å². The largest absolute Gasteiger partial charge is 0.497 e. The van der Waals surface area contributed by atoms with E-state index >= 15 is 0 Å². The molecule has 7 heteroatoms. The molecule has 3 N–H and O–H groups in total. The normalized spacial score (nSPS) is 11.2. The van der Waals surface area contributed by atoms with Crippen molar-refractivity contribution in [2.75, 3.05) is 13.7 Å². The van der Waals surface area contributed by atoms with Crippen molar-refractivity contribution in [1.29, 1.82) is 0 Å². The third-order valence-electron chi connectivity index (χ3n) is 5.85. The van der Waals surface area contributed by atoms with E-state index in [1.165, 1.54) is 6.08 Å². The van der Waals surface area contributed by atoms with Gasteiger partial charge in [0.25, 0.3) is 0 Å². The zero-order valence-corrected chi connectivity index (χ0v) is 21.3. The number of nitrogens with one attached hydrogen (secondary N) is 2. The van der Waals surface area contributed by atoms with Crippen LogP contribution in [0.3, 0.4) is 0 Å². The Bertz CT molecular complexity index is 1450. The quantitative estimate of drug-likeness (QED) is 0.227. The number of carboxylic acids is 1. The maximum atomic E-state index is 11.9. The maximum absolute atomic E-state index is 11.9. The fourth-order valence-electron chi connectivity index (χ4n) is 3.84. The summed E-state index contributed by atoms with van der Waals surface area (Å²) in [5, 5.41) is 11.7. The van der Waals surface area contributed by atoms with E-state index in [0.29, 0.717) is 12.4 Å². The van der Waals surface area contributed by atoms with Crippen LogP contribution in [0, 0.1) is 0 Å². The highest BCUT2D eigenvalue weighted by atomic mass is 16.5. The Hall–Kier alpha value is -4.91. The molecule has 0 saturated heterocycles. The summed E-state index contributed by atoms with van der Waals surface area (Å²) in [7, 11) is 1.63. The van der Waals surface area contributed by atoms with Crippen LogP contribution in [0.25, 0.3) is 46.1 Å². The Morgan fingerprint density at radius 1 is 0.868 bits per heavy atom. The van der Waals surface area contributed by atoms with Gasteiger partial charge in [-0.3, -0.25) is 4.79 Å². The maximum Gasteiger partial charge on any atom is 0.328 e. The van der Waals surface area contributed by atoms with Crippen LogP contribution in [0.5, 0.6) is 5.75 Å². The van der Waals surface area contributed by atoms with Gasteiger partial charge in [-0.1, -0.05) is 55.5 Å². The average Bonchev–Trinajstić information content (AvgIpc) is 3.40. The first kappa shape index (κ1) is 26.2. The van der Waals surface area contributed by atoms with Gasteiger partial charge in [0.05, 0.1) is 18.5 Å². The molecule has 0 fully saturated rings. The predicted molar refractivity (Wildman–Crippen MR) is 150 cm³/mol. The molecule has 0 aliphatic carbocycles. The number of aliphatic carboxylic acids is 1. The smallest absolute Gasteiger partial charge is 0.328 e. The molecule has 38 heavy (non-hydrogen) atoms. The minimum atomic E-state index is -0.992. The first-order valence-electron chi connectivity index (χ1n) is 12.3. The monoisotopic (exact) mass is 507 g/mol. The first-order valence-corrected chi connectivity index (χ1v) is 12.3. The third kappa shape index (κ3) is 6.64. The number of ether oxygens (including phenoxy) is 1. The number of nitrogens with zero attached hydrogens (tertiary/aromatic N) is 1. The Labute approximate surface area is 221 Å². The molecular weight excluding hydrogens is 478 g/mol. The van der Waals surface area contributed by atoms with Gasteiger partial charge in [-0.05, 0) is 54.0 Å². The number of aromatic amines is 1. The van der Waals surface area contributed by atoms with Gasteiger partial charge in [0, 0.05) is 35.4 Å².